The van der Waals surface area contributed by atoms with Gasteiger partial charge in [0.1, 0.15) is 11.6 Å². The van der Waals surface area contributed by atoms with Crippen LogP contribution in [0.2, 0.25) is 0 Å². The SMILES string of the molecule is CC1CCN(c2nnc(SC(C)C(=O)c3ccc(F)cc3F)n2C2CC2)CC1. The van der Waals surface area contributed by atoms with Crippen LogP contribution >= 0.6 is 11.8 Å². The number of nitrogens with zero attached hydrogens (tertiary/aromatic N) is 4. The molecule has 0 bridgehead atoms. The molecule has 1 aliphatic heterocycles. The van der Waals surface area contributed by atoms with Gasteiger partial charge in [-0.1, -0.05) is 18.7 Å². The summed E-state index contributed by atoms with van der Waals surface area (Å²) in [6.45, 7) is 5.92. The molecule has 1 aromatic heterocycles. The van der Waals surface area contributed by atoms with Crippen molar-refractivity contribution < 1.29 is 13.6 Å². The van der Waals surface area contributed by atoms with Crippen molar-refractivity contribution in [1.82, 2.24) is 14.8 Å². The molecule has 2 heterocycles. The summed E-state index contributed by atoms with van der Waals surface area (Å²) in [5, 5.41) is 8.92. The fraction of sp³-hybridized carbons (Fsp3) is 0.550. The summed E-state index contributed by atoms with van der Waals surface area (Å²) in [6.07, 6.45) is 4.44. The molecule has 2 aromatic rings. The predicted octanol–water partition coefficient (Wildman–Crippen LogP) is 4.49. The highest BCUT2D eigenvalue weighted by atomic mass is 32.2. The van der Waals surface area contributed by atoms with Crippen molar-refractivity contribution in [2.45, 2.75) is 56.0 Å². The first-order valence-electron chi connectivity index (χ1n) is 9.80. The van der Waals surface area contributed by atoms with E-state index in [-0.39, 0.29) is 11.3 Å². The molecule has 0 amide bonds. The number of benzene rings is 1. The zero-order valence-corrected chi connectivity index (χ0v) is 16.9. The third-order valence-electron chi connectivity index (χ3n) is 5.47. The molecule has 2 aliphatic rings. The average Bonchev–Trinajstić information content (AvgIpc) is 3.42. The van der Waals surface area contributed by atoms with E-state index in [1.807, 2.05) is 0 Å². The second-order valence-electron chi connectivity index (χ2n) is 7.80. The molecule has 4 rings (SSSR count). The molecule has 1 saturated carbocycles. The van der Waals surface area contributed by atoms with Gasteiger partial charge in [-0.25, -0.2) is 8.78 Å². The molecule has 5 nitrogen and oxygen atoms in total. The largest absolute Gasteiger partial charge is 0.341 e. The lowest BCUT2D eigenvalue weighted by atomic mass is 10.00. The number of thioether (sulfide) groups is 1. The van der Waals surface area contributed by atoms with Gasteiger partial charge in [-0.15, -0.1) is 10.2 Å². The van der Waals surface area contributed by atoms with E-state index in [4.69, 9.17) is 0 Å². The van der Waals surface area contributed by atoms with E-state index < -0.39 is 16.9 Å². The second kappa shape index (κ2) is 7.81. The Kier molecular flexibility index (Phi) is 5.40. The number of halogens is 2. The fourth-order valence-corrected chi connectivity index (χ4v) is 4.53. The van der Waals surface area contributed by atoms with Crippen LogP contribution in [0.3, 0.4) is 0 Å². The second-order valence-corrected chi connectivity index (χ2v) is 9.11. The first kappa shape index (κ1) is 19.4. The van der Waals surface area contributed by atoms with E-state index in [9.17, 15) is 13.6 Å². The number of carbonyl (C=O) groups excluding carboxylic acids is 1. The summed E-state index contributed by atoms with van der Waals surface area (Å²) in [6, 6.07) is 3.43. The quantitative estimate of drug-likeness (QED) is 0.523. The molecule has 0 N–H and O–H groups in total. The van der Waals surface area contributed by atoms with Crippen LogP contribution in [0, 0.1) is 17.6 Å². The van der Waals surface area contributed by atoms with Crippen molar-refractivity contribution in [3.8, 4) is 0 Å². The summed E-state index contributed by atoms with van der Waals surface area (Å²) in [4.78, 5) is 15.0. The Hall–Kier alpha value is -1.96. The zero-order chi connectivity index (χ0) is 19.8. The zero-order valence-electron chi connectivity index (χ0n) is 16.1. The molecule has 0 spiro atoms. The summed E-state index contributed by atoms with van der Waals surface area (Å²) < 4.78 is 29.3. The van der Waals surface area contributed by atoms with Crippen molar-refractivity contribution in [1.29, 1.82) is 0 Å². The van der Waals surface area contributed by atoms with Gasteiger partial charge in [0.25, 0.3) is 0 Å². The van der Waals surface area contributed by atoms with Gasteiger partial charge >= 0.3 is 0 Å². The maximum atomic E-state index is 14.0. The van der Waals surface area contributed by atoms with Crippen LogP contribution in [0.1, 0.15) is 55.9 Å². The highest BCUT2D eigenvalue weighted by molar-refractivity contribution is 8.00. The van der Waals surface area contributed by atoms with Crippen molar-refractivity contribution in [2.75, 3.05) is 18.0 Å². The van der Waals surface area contributed by atoms with Gasteiger partial charge in [0.15, 0.2) is 10.9 Å². The van der Waals surface area contributed by atoms with Crippen molar-refractivity contribution in [2.24, 2.45) is 5.92 Å². The van der Waals surface area contributed by atoms with E-state index in [1.54, 1.807) is 6.92 Å². The molecule has 1 unspecified atom stereocenters. The van der Waals surface area contributed by atoms with Gasteiger partial charge in [0, 0.05) is 25.2 Å². The molecule has 2 fully saturated rings. The molecule has 28 heavy (non-hydrogen) atoms. The number of carbonyl (C=O) groups is 1. The Balaban J connectivity index is 1.53. The van der Waals surface area contributed by atoms with Crippen LogP contribution in [0.4, 0.5) is 14.7 Å². The summed E-state index contributed by atoms with van der Waals surface area (Å²) >= 11 is 1.29. The fourth-order valence-electron chi connectivity index (χ4n) is 3.55. The summed E-state index contributed by atoms with van der Waals surface area (Å²) in [7, 11) is 0. The number of ketones is 1. The average molecular weight is 407 g/mol. The van der Waals surface area contributed by atoms with Crippen LogP contribution in [0.25, 0.3) is 0 Å². The van der Waals surface area contributed by atoms with Gasteiger partial charge in [-0.2, -0.15) is 0 Å². The third-order valence-corrected chi connectivity index (χ3v) is 6.53. The normalized spacial score (nSPS) is 19.1. The van der Waals surface area contributed by atoms with Crippen molar-refractivity contribution in [3.05, 3.63) is 35.4 Å². The third kappa shape index (κ3) is 3.92. The Morgan fingerprint density at radius 2 is 1.89 bits per heavy atom. The smallest absolute Gasteiger partial charge is 0.228 e. The molecule has 150 valence electrons. The first-order chi connectivity index (χ1) is 13.4. The minimum atomic E-state index is -0.829. The number of hydrogen-bond acceptors (Lipinski definition) is 5. The van der Waals surface area contributed by atoms with Gasteiger partial charge < -0.3 is 4.90 Å². The van der Waals surface area contributed by atoms with Crippen LogP contribution in [-0.4, -0.2) is 38.9 Å². The van der Waals surface area contributed by atoms with Gasteiger partial charge in [0.2, 0.25) is 5.95 Å². The molecular weight excluding hydrogens is 382 g/mol. The number of aromatic nitrogens is 3. The number of rotatable bonds is 6. The Labute approximate surface area is 167 Å². The van der Waals surface area contributed by atoms with Gasteiger partial charge in [-0.3, -0.25) is 9.36 Å². The molecule has 0 radical (unpaired) electrons. The highest BCUT2D eigenvalue weighted by Crippen LogP contribution is 2.42. The number of anilines is 1. The van der Waals surface area contributed by atoms with Crippen LogP contribution < -0.4 is 4.90 Å². The summed E-state index contributed by atoms with van der Waals surface area (Å²) in [5.74, 6) is -0.288. The first-order valence-corrected chi connectivity index (χ1v) is 10.7. The van der Waals surface area contributed by atoms with Crippen molar-refractivity contribution >= 4 is 23.5 Å². The number of piperidine rings is 1. The lowest BCUT2D eigenvalue weighted by molar-refractivity contribution is 0.0990. The lowest BCUT2D eigenvalue weighted by Gasteiger charge is -2.31. The van der Waals surface area contributed by atoms with Crippen LogP contribution in [-0.2, 0) is 0 Å². The predicted molar refractivity (Wildman–Crippen MR) is 105 cm³/mol. The van der Waals surface area contributed by atoms with E-state index in [0.717, 1.165) is 62.8 Å². The number of hydrogen-bond donors (Lipinski definition) is 0. The highest BCUT2D eigenvalue weighted by Gasteiger charge is 2.34. The molecular formula is C20H24F2N4OS. The van der Waals surface area contributed by atoms with E-state index in [2.05, 4.69) is 26.6 Å². The van der Waals surface area contributed by atoms with Gasteiger partial charge in [-0.05, 0) is 50.7 Å². The van der Waals surface area contributed by atoms with E-state index in [0.29, 0.717) is 11.2 Å². The maximum absolute atomic E-state index is 14.0. The maximum Gasteiger partial charge on any atom is 0.228 e. The molecule has 1 aliphatic carbocycles. The van der Waals surface area contributed by atoms with Crippen LogP contribution in [0.15, 0.2) is 23.4 Å². The van der Waals surface area contributed by atoms with Crippen molar-refractivity contribution in [3.63, 3.8) is 0 Å². The molecule has 8 heteroatoms. The Morgan fingerprint density at radius 3 is 2.54 bits per heavy atom. The monoisotopic (exact) mass is 406 g/mol. The Morgan fingerprint density at radius 1 is 1.18 bits per heavy atom. The minimum Gasteiger partial charge on any atom is -0.341 e. The standard InChI is InChI=1S/C20H24F2N4OS/c1-12-7-9-25(10-8-12)19-23-24-20(26(19)15-4-5-15)28-13(2)18(27)16-6-3-14(21)11-17(16)22/h3,6,11-13,15H,4-5,7-10H2,1-2H3. The number of Topliss-reactive ketones (excluding diaryl/α,β-unsaturated/α-hetero) is 1. The van der Waals surface area contributed by atoms with E-state index in [1.165, 1.54) is 17.8 Å². The minimum absolute atomic E-state index is 0.0934. The molecule has 1 aromatic carbocycles. The van der Waals surface area contributed by atoms with E-state index >= 15 is 0 Å². The lowest BCUT2D eigenvalue weighted by Crippen LogP contribution is -2.34. The topological polar surface area (TPSA) is 51.0 Å². The Bertz CT molecular complexity index is 875. The van der Waals surface area contributed by atoms with Crippen LogP contribution in [0.5, 0.6) is 0 Å². The summed E-state index contributed by atoms with van der Waals surface area (Å²) in [5.41, 5.74) is -0.0934. The molecule has 1 atom stereocenters. The molecule has 1 saturated heterocycles. The van der Waals surface area contributed by atoms with Gasteiger partial charge in [0.05, 0.1) is 10.8 Å².